The second-order valence-corrected chi connectivity index (χ2v) is 5.29. The van der Waals surface area contributed by atoms with Crippen molar-refractivity contribution in [3.63, 3.8) is 0 Å². The van der Waals surface area contributed by atoms with Crippen LogP contribution in [0.15, 0.2) is 48.5 Å². The molecular weight excluding hydrogens is 349 g/mol. The van der Waals surface area contributed by atoms with E-state index in [0.717, 1.165) is 12.1 Å². The van der Waals surface area contributed by atoms with Crippen molar-refractivity contribution in [3.05, 3.63) is 59.7 Å². The van der Waals surface area contributed by atoms with Gasteiger partial charge >= 0.3 is 12.1 Å². The van der Waals surface area contributed by atoms with E-state index in [0.29, 0.717) is 18.8 Å². The summed E-state index contributed by atoms with van der Waals surface area (Å²) in [7, 11) is 0. The minimum Gasteiger partial charge on any atom is -0.460 e. The number of ether oxygens (including phenoxy) is 2. The second-order valence-electron chi connectivity index (χ2n) is 5.29. The average Bonchev–Trinajstić information content (AvgIpc) is 2.61. The van der Waals surface area contributed by atoms with Crippen LogP contribution in [0.3, 0.4) is 0 Å². The van der Waals surface area contributed by atoms with Crippen molar-refractivity contribution >= 4 is 17.3 Å². The molecular formula is C18H19F3N2O3. The van der Waals surface area contributed by atoms with Crippen LogP contribution in [-0.4, -0.2) is 32.3 Å². The highest BCUT2D eigenvalue weighted by Crippen LogP contribution is 2.31. The maximum atomic E-state index is 12.8. The maximum Gasteiger partial charge on any atom is 0.416 e. The van der Waals surface area contributed by atoms with Crippen LogP contribution in [0.25, 0.3) is 0 Å². The van der Waals surface area contributed by atoms with Crippen LogP contribution in [0.4, 0.5) is 24.5 Å². The first-order chi connectivity index (χ1) is 12.4. The van der Waals surface area contributed by atoms with Crippen LogP contribution in [0, 0.1) is 0 Å². The second kappa shape index (κ2) is 9.21. The molecule has 2 rings (SSSR count). The van der Waals surface area contributed by atoms with Gasteiger partial charge in [0.05, 0.1) is 30.0 Å². The molecule has 0 saturated heterocycles. The van der Waals surface area contributed by atoms with Crippen LogP contribution >= 0.6 is 0 Å². The van der Waals surface area contributed by atoms with E-state index in [-0.39, 0.29) is 24.5 Å². The van der Waals surface area contributed by atoms with Crippen LogP contribution in [0.2, 0.25) is 0 Å². The monoisotopic (exact) mass is 368 g/mol. The van der Waals surface area contributed by atoms with Gasteiger partial charge in [-0.1, -0.05) is 18.2 Å². The highest BCUT2D eigenvalue weighted by molar-refractivity contribution is 5.96. The first-order valence-electron chi connectivity index (χ1n) is 7.90. The highest BCUT2D eigenvalue weighted by atomic mass is 19.4. The Hall–Kier alpha value is -2.58. The molecule has 0 fully saturated rings. The molecule has 0 heterocycles. The van der Waals surface area contributed by atoms with Crippen LogP contribution in [0.1, 0.15) is 15.9 Å². The molecule has 0 unspecified atom stereocenters. The summed E-state index contributed by atoms with van der Waals surface area (Å²) in [6.07, 6.45) is -4.44. The molecule has 26 heavy (non-hydrogen) atoms. The molecule has 0 bridgehead atoms. The molecule has 5 nitrogen and oxygen atoms in total. The van der Waals surface area contributed by atoms with Crippen molar-refractivity contribution < 1.29 is 27.4 Å². The third-order valence-electron chi connectivity index (χ3n) is 3.34. The summed E-state index contributed by atoms with van der Waals surface area (Å²) in [5.74, 6) is -0.601. The van der Waals surface area contributed by atoms with Gasteiger partial charge in [-0.2, -0.15) is 13.2 Å². The number of halogens is 3. The van der Waals surface area contributed by atoms with Crippen molar-refractivity contribution in [2.45, 2.75) is 6.18 Å². The van der Waals surface area contributed by atoms with E-state index in [1.54, 1.807) is 18.2 Å². The third kappa shape index (κ3) is 5.75. The number of rotatable bonds is 8. The zero-order valence-electron chi connectivity index (χ0n) is 13.9. The number of nitrogens with one attached hydrogen (secondary N) is 1. The van der Waals surface area contributed by atoms with Crippen LogP contribution < -0.4 is 11.1 Å². The van der Waals surface area contributed by atoms with Crippen molar-refractivity contribution in [1.82, 2.24) is 0 Å². The number of hydrogen-bond acceptors (Lipinski definition) is 5. The molecule has 0 saturated carbocycles. The molecule has 0 atom stereocenters. The van der Waals surface area contributed by atoms with E-state index in [9.17, 15) is 18.0 Å². The number of alkyl halides is 3. The Bertz CT molecular complexity index is 736. The van der Waals surface area contributed by atoms with Crippen LogP contribution in [-0.2, 0) is 15.7 Å². The predicted octanol–water partition coefficient (Wildman–Crippen LogP) is 3.58. The summed E-state index contributed by atoms with van der Waals surface area (Å²) in [6.45, 7) is 1.01. The maximum absolute atomic E-state index is 12.8. The lowest BCUT2D eigenvalue weighted by Gasteiger charge is -2.13. The van der Waals surface area contributed by atoms with Gasteiger partial charge in [-0.25, -0.2) is 4.79 Å². The zero-order valence-corrected chi connectivity index (χ0v) is 13.9. The number of esters is 1. The summed E-state index contributed by atoms with van der Waals surface area (Å²) in [6, 6.07) is 11.1. The van der Waals surface area contributed by atoms with Gasteiger partial charge in [0.25, 0.3) is 0 Å². The summed E-state index contributed by atoms with van der Waals surface area (Å²) in [5, 5.41) is 2.83. The van der Waals surface area contributed by atoms with Crippen molar-refractivity contribution in [1.29, 1.82) is 0 Å². The number of benzene rings is 2. The molecule has 0 aliphatic heterocycles. The van der Waals surface area contributed by atoms with Crippen molar-refractivity contribution in [2.75, 3.05) is 31.7 Å². The van der Waals surface area contributed by atoms with Gasteiger partial charge in [0.1, 0.15) is 6.61 Å². The number of hydrogen-bond donors (Lipinski definition) is 2. The number of carbonyl (C=O) groups excluding carboxylic acids is 1. The van der Waals surface area contributed by atoms with Gasteiger partial charge < -0.3 is 20.5 Å². The zero-order chi connectivity index (χ0) is 19.0. The Morgan fingerprint density at radius 2 is 1.81 bits per heavy atom. The molecule has 0 spiro atoms. The molecule has 2 aromatic rings. The van der Waals surface area contributed by atoms with E-state index < -0.39 is 17.7 Å². The lowest BCUT2D eigenvalue weighted by atomic mass is 10.1. The van der Waals surface area contributed by atoms with E-state index in [4.69, 9.17) is 15.2 Å². The minimum atomic E-state index is -4.44. The fraction of sp³-hybridized carbons (Fsp3) is 0.278. The normalized spacial score (nSPS) is 11.2. The van der Waals surface area contributed by atoms with Crippen molar-refractivity contribution in [3.8, 4) is 0 Å². The summed E-state index contributed by atoms with van der Waals surface area (Å²) >= 11 is 0. The van der Waals surface area contributed by atoms with Crippen molar-refractivity contribution in [2.24, 2.45) is 5.73 Å². The summed E-state index contributed by atoms with van der Waals surface area (Å²) < 4.78 is 48.7. The number of carbonyl (C=O) groups is 1. The fourth-order valence-electron chi connectivity index (χ4n) is 2.16. The highest BCUT2D eigenvalue weighted by Gasteiger charge is 2.30. The molecule has 140 valence electrons. The predicted molar refractivity (Wildman–Crippen MR) is 91.3 cm³/mol. The Morgan fingerprint density at radius 3 is 2.54 bits per heavy atom. The fourth-order valence-corrected chi connectivity index (χ4v) is 2.16. The summed E-state index contributed by atoms with van der Waals surface area (Å²) in [5.41, 5.74) is 5.28. The van der Waals surface area contributed by atoms with Gasteiger partial charge in [-0.15, -0.1) is 0 Å². The minimum absolute atomic E-state index is 0.0523. The van der Waals surface area contributed by atoms with Gasteiger partial charge in [0.2, 0.25) is 0 Å². The Morgan fingerprint density at radius 1 is 1.04 bits per heavy atom. The van der Waals surface area contributed by atoms with Crippen LogP contribution in [0.5, 0.6) is 0 Å². The lowest BCUT2D eigenvalue weighted by Crippen LogP contribution is -2.15. The Labute approximate surface area is 148 Å². The number of para-hydroxylation sites is 1. The summed E-state index contributed by atoms with van der Waals surface area (Å²) in [4.78, 5) is 12.2. The SMILES string of the molecule is NCCOCCOC(=O)c1ccccc1Nc1cccc(C(F)(F)F)c1. The average molecular weight is 368 g/mol. The first kappa shape index (κ1) is 19.7. The smallest absolute Gasteiger partial charge is 0.416 e. The van der Waals surface area contributed by atoms with E-state index >= 15 is 0 Å². The molecule has 2 aromatic carbocycles. The Balaban J connectivity index is 2.08. The van der Waals surface area contributed by atoms with E-state index in [1.807, 2.05) is 0 Å². The molecule has 0 aliphatic carbocycles. The van der Waals surface area contributed by atoms with Gasteiger partial charge in [0.15, 0.2) is 0 Å². The molecule has 0 aliphatic rings. The molecule has 0 radical (unpaired) electrons. The first-order valence-corrected chi connectivity index (χ1v) is 7.90. The Kier molecular flexibility index (Phi) is 6.99. The van der Waals surface area contributed by atoms with E-state index in [1.165, 1.54) is 18.2 Å². The van der Waals surface area contributed by atoms with E-state index in [2.05, 4.69) is 5.32 Å². The quantitative estimate of drug-likeness (QED) is 0.550. The number of anilines is 2. The standard InChI is InChI=1S/C18H19F3N2O3/c19-18(20,21)13-4-3-5-14(12-13)23-16-7-2-1-6-15(16)17(24)26-11-10-25-9-8-22/h1-7,12,23H,8-11,22H2. The topological polar surface area (TPSA) is 73.6 Å². The van der Waals surface area contributed by atoms with Gasteiger partial charge in [-0.3, -0.25) is 0 Å². The molecule has 3 N–H and O–H groups in total. The number of nitrogens with two attached hydrogens (primary N) is 1. The molecule has 0 amide bonds. The van der Waals surface area contributed by atoms with Gasteiger partial charge in [0, 0.05) is 12.2 Å². The molecule has 0 aromatic heterocycles. The van der Waals surface area contributed by atoms with Gasteiger partial charge in [-0.05, 0) is 30.3 Å². The largest absolute Gasteiger partial charge is 0.460 e. The molecule has 8 heteroatoms. The lowest BCUT2D eigenvalue weighted by molar-refractivity contribution is -0.137. The third-order valence-corrected chi connectivity index (χ3v) is 3.34.